The second kappa shape index (κ2) is 5.54. The van der Waals surface area contributed by atoms with E-state index in [-0.39, 0.29) is 12.6 Å². The minimum absolute atomic E-state index is 0.0442. The van der Waals surface area contributed by atoms with E-state index in [0.717, 1.165) is 21.9 Å². The van der Waals surface area contributed by atoms with Crippen molar-refractivity contribution in [3.63, 3.8) is 0 Å². The highest BCUT2D eigenvalue weighted by Gasteiger charge is 2.17. The molecule has 3 N–H and O–H groups in total. The number of aromatic nitrogens is 2. The molecule has 0 amide bonds. The summed E-state index contributed by atoms with van der Waals surface area (Å²) in [4.78, 5) is 5.59. The maximum absolute atomic E-state index is 9.18. The van der Waals surface area contributed by atoms with Crippen LogP contribution in [0.2, 0.25) is 5.02 Å². The van der Waals surface area contributed by atoms with Crippen LogP contribution in [-0.2, 0) is 6.42 Å². The van der Waals surface area contributed by atoms with E-state index >= 15 is 0 Å². The Bertz CT molecular complexity index is 720. The van der Waals surface area contributed by atoms with Crippen molar-refractivity contribution < 1.29 is 5.11 Å². The van der Waals surface area contributed by atoms with Crippen LogP contribution in [0.5, 0.6) is 0 Å². The van der Waals surface area contributed by atoms with E-state index in [4.69, 9.17) is 17.3 Å². The van der Waals surface area contributed by atoms with Crippen molar-refractivity contribution in [2.24, 2.45) is 5.73 Å². The molecule has 0 aliphatic rings. The normalized spacial score (nSPS) is 12.9. The van der Waals surface area contributed by atoms with E-state index in [1.54, 1.807) is 11.3 Å². The molecule has 2 heterocycles. The van der Waals surface area contributed by atoms with Crippen LogP contribution in [0.3, 0.4) is 0 Å². The molecule has 4 nitrogen and oxygen atoms in total. The quantitative estimate of drug-likeness (QED) is 0.778. The number of imidazole rings is 1. The van der Waals surface area contributed by atoms with Crippen LogP contribution in [0.15, 0.2) is 35.8 Å². The summed E-state index contributed by atoms with van der Waals surface area (Å²) < 4.78 is 2.03. The van der Waals surface area contributed by atoms with Gasteiger partial charge in [-0.1, -0.05) is 23.7 Å². The summed E-state index contributed by atoms with van der Waals surface area (Å²) in [5.41, 5.74) is 8.81. The van der Waals surface area contributed by atoms with Gasteiger partial charge in [-0.15, -0.1) is 11.3 Å². The fraction of sp³-hybridized carbons (Fsp3) is 0.214. The Hall–Kier alpha value is -1.40. The zero-order valence-electron chi connectivity index (χ0n) is 10.7. The van der Waals surface area contributed by atoms with Crippen molar-refractivity contribution in [3.8, 4) is 11.3 Å². The van der Waals surface area contributed by atoms with Gasteiger partial charge in [0.15, 0.2) is 4.96 Å². The van der Waals surface area contributed by atoms with Crippen molar-refractivity contribution in [3.05, 3.63) is 46.6 Å². The van der Waals surface area contributed by atoms with Gasteiger partial charge in [-0.25, -0.2) is 4.98 Å². The summed E-state index contributed by atoms with van der Waals surface area (Å²) in [5, 5.41) is 11.9. The predicted molar refractivity (Wildman–Crippen MR) is 82.3 cm³/mol. The first kappa shape index (κ1) is 13.6. The summed E-state index contributed by atoms with van der Waals surface area (Å²) in [6.07, 6.45) is 2.55. The molecule has 1 atom stereocenters. The van der Waals surface area contributed by atoms with E-state index in [0.29, 0.717) is 11.4 Å². The summed E-state index contributed by atoms with van der Waals surface area (Å²) in [6.45, 7) is -0.0442. The van der Waals surface area contributed by atoms with Crippen molar-refractivity contribution in [1.82, 2.24) is 9.38 Å². The van der Waals surface area contributed by atoms with Crippen molar-refractivity contribution in [2.45, 2.75) is 12.5 Å². The zero-order chi connectivity index (χ0) is 14.1. The first-order valence-corrected chi connectivity index (χ1v) is 7.51. The number of halogens is 1. The minimum atomic E-state index is -0.291. The lowest BCUT2D eigenvalue weighted by atomic mass is 10.1. The van der Waals surface area contributed by atoms with Gasteiger partial charge >= 0.3 is 0 Å². The average molecular weight is 308 g/mol. The SMILES string of the molecule is NC(CO)Cc1c(-c2ccc(Cl)cc2)nc2sccn12. The van der Waals surface area contributed by atoms with Crippen LogP contribution in [0.1, 0.15) is 5.69 Å². The molecule has 3 rings (SSSR count). The van der Waals surface area contributed by atoms with E-state index in [9.17, 15) is 5.11 Å². The highest BCUT2D eigenvalue weighted by atomic mass is 35.5. The Morgan fingerprint density at radius 3 is 2.80 bits per heavy atom. The summed E-state index contributed by atoms with van der Waals surface area (Å²) in [5.74, 6) is 0. The monoisotopic (exact) mass is 307 g/mol. The molecule has 2 aromatic heterocycles. The Morgan fingerprint density at radius 1 is 1.35 bits per heavy atom. The number of hydrogen-bond acceptors (Lipinski definition) is 4. The molecular weight excluding hydrogens is 294 g/mol. The van der Waals surface area contributed by atoms with E-state index in [1.807, 2.05) is 40.2 Å². The zero-order valence-corrected chi connectivity index (χ0v) is 12.2. The molecule has 0 bridgehead atoms. The summed E-state index contributed by atoms with van der Waals surface area (Å²) >= 11 is 7.50. The molecule has 0 fully saturated rings. The fourth-order valence-electron chi connectivity index (χ4n) is 2.18. The number of aliphatic hydroxyl groups is 1. The first-order chi connectivity index (χ1) is 9.69. The van der Waals surface area contributed by atoms with Crippen molar-refractivity contribution in [1.29, 1.82) is 0 Å². The molecule has 20 heavy (non-hydrogen) atoms. The molecule has 0 spiro atoms. The highest BCUT2D eigenvalue weighted by Crippen LogP contribution is 2.28. The molecular formula is C14H14ClN3OS. The number of aliphatic hydroxyl groups excluding tert-OH is 1. The van der Waals surface area contributed by atoms with Crippen molar-refractivity contribution in [2.75, 3.05) is 6.61 Å². The van der Waals surface area contributed by atoms with Gasteiger partial charge in [0.2, 0.25) is 0 Å². The number of benzene rings is 1. The van der Waals surface area contributed by atoms with Gasteiger partial charge in [-0.05, 0) is 12.1 Å². The molecule has 0 saturated carbocycles. The third kappa shape index (κ3) is 2.45. The largest absolute Gasteiger partial charge is 0.395 e. The number of rotatable bonds is 4. The minimum Gasteiger partial charge on any atom is -0.395 e. The molecule has 3 aromatic rings. The van der Waals surface area contributed by atoms with Gasteiger partial charge in [0.1, 0.15) is 0 Å². The van der Waals surface area contributed by atoms with Gasteiger partial charge in [0.25, 0.3) is 0 Å². The Morgan fingerprint density at radius 2 is 2.10 bits per heavy atom. The van der Waals surface area contributed by atoms with E-state index in [2.05, 4.69) is 4.98 Å². The summed E-state index contributed by atoms with van der Waals surface area (Å²) in [6, 6.07) is 7.30. The van der Waals surface area contributed by atoms with Crippen LogP contribution >= 0.6 is 22.9 Å². The topological polar surface area (TPSA) is 63.5 Å². The maximum atomic E-state index is 9.18. The molecule has 1 unspecified atom stereocenters. The third-order valence-corrected chi connectivity index (χ3v) is 4.18. The number of fused-ring (bicyclic) bond motifs is 1. The molecule has 0 radical (unpaired) electrons. The molecule has 6 heteroatoms. The smallest absolute Gasteiger partial charge is 0.194 e. The molecule has 1 aromatic carbocycles. The summed E-state index contributed by atoms with van der Waals surface area (Å²) in [7, 11) is 0. The Kier molecular flexibility index (Phi) is 3.76. The Balaban J connectivity index is 2.11. The van der Waals surface area contributed by atoms with E-state index < -0.39 is 0 Å². The number of thiazole rings is 1. The van der Waals surface area contributed by atoms with Crippen molar-refractivity contribution >= 4 is 27.9 Å². The van der Waals surface area contributed by atoms with Gasteiger partial charge in [0, 0.05) is 34.6 Å². The first-order valence-electron chi connectivity index (χ1n) is 6.26. The van der Waals surface area contributed by atoms with Crippen LogP contribution < -0.4 is 5.73 Å². The second-order valence-corrected chi connectivity index (χ2v) is 5.93. The van der Waals surface area contributed by atoms with Crippen LogP contribution in [-0.4, -0.2) is 27.1 Å². The van der Waals surface area contributed by atoms with Crippen LogP contribution in [0, 0.1) is 0 Å². The number of nitrogens with zero attached hydrogens (tertiary/aromatic N) is 2. The van der Waals surface area contributed by atoms with Crippen LogP contribution in [0.4, 0.5) is 0 Å². The lowest BCUT2D eigenvalue weighted by molar-refractivity contribution is 0.264. The molecule has 0 saturated heterocycles. The lowest BCUT2D eigenvalue weighted by Crippen LogP contribution is -2.27. The van der Waals surface area contributed by atoms with Crippen LogP contribution in [0.25, 0.3) is 16.2 Å². The lowest BCUT2D eigenvalue weighted by Gasteiger charge is -2.09. The fourth-order valence-corrected chi connectivity index (χ4v) is 3.04. The van der Waals surface area contributed by atoms with E-state index in [1.165, 1.54) is 0 Å². The Labute approximate surface area is 125 Å². The maximum Gasteiger partial charge on any atom is 0.194 e. The highest BCUT2D eigenvalue weighted by molar-refractivity contribution is 7.15. The molecule has 0 aliphatic heterocycles. The van der Waals surface area contributed by atoms with Gasteiger partial charge < -0.3 is 10.8 Å². The number of hydrogen-bond donors (Lipinski definition) is 2. The number of nitrogens with two attached hydrogens (primary N) is 1. The van der Waals surface area contributed by atoms with Gasteiger partial charge in [0.05, 0.1) is 18.0 Å². The molecule has 0 aliphatic carbocycles. The standard InChI is InChI=1S/C14H14ClN3OS/c15-10-3-1-9(2-4-10)13-12(7-11(16)8-19)18-5-6-20-14(18)17-13/h1-6,11,19H,7-8,16H2. The predicted octanol–water partition coefficient (Wildman–Crippen LogP) is 2.58. The van der Waals surface area contributed by atoms with Gasteiger partial charge in [-0.2, -0.15) is 0 Å². The average Bonchev–Trinajstić information content (AvgIpc) is 3.02. The van der Waals surface area contributed by atoms with Gasteiger partial charge in [-0.3, -0.25) is 4.40 Å². The second-order valence-electron chi connectivity index (χ2n) is 4.62. The molecule has 104 valence electrons. The third-order valence-electron chi connectivity index (χ3n) is 3.17.